The number of carbonyl (C=O) groups is 2. The van der Waals surface area contributed by atoms with E-state index in [4.69, 9.17) is 5.73 Å². The molecule has 0 radical (unpaired) electrons. The number of anilines is 1. The molecule has 1 saturated heterocycles. The summed E-state index contributed by atoms with van der Waals surface area (Å²) >= 11 is 0. The minimum Gasteiger partial charge on any atom is -0.395 e. The number of ether oxygens (including phenoxy) is 2. The van der Waals surface area contributed by atoms with Gasteiger partial charge in [-0.2, -0.15) is 5.10 Å². The van der Waals surface area contributed by atoms with Crippen LogP contribution in [0.4, 0.5) is 18.9 Å². The maximum atomic E-state index is 14.7. The maximum Gasteiger partial charge on any atom is 0.586 e. The number of rotatable bonds is 5. The monoisotopic (exact) mass is 537 g/mol. The van der Waals surface area contributed by atoms with Crippen LogP contribution in [0.15, 0.2) is 60.8 Å². The van der Waals surface area contributed by atoms with Crippen molar-refractivity contribution >= 4 is 28.4 Å². The molecule has 9 nitrogen and oxygen atoms in total. The molecule has 2 aliphatic heterocycles. The fraction of sp³-hybridized carbons (Fsp3) is 0.222. The summed E-state index contributed by atoms with van der Waals surface area (Å²) in [5.74, 6) is -1.75. The smallest absolute Gasteiger partial charge is 0.395 e. The summed E-state index contributed by atoms with van der Waals surface area (Å²) in [5.41, 5.74) is 7.47. The lowest BCUT2D eigenvalue weighted by atomic mass is 10.1. The minimum atomic E-state index is -3.69. The van der Waals surface area contributed by atoms with Crippen LogP contribution >= 0.6 is 0 Å². The Labute approximate surface area is 220 Å². The van der Waals surface area contributed by atoms with Gasteiger partial charge in [-0.15, -0.1) is 8.78 Å². The fourth-order valence-electron chi connectivity index (χ4n) is 4.87. The molecular weight excluding hydrogens is 515 g/mol. The third kappa shape index (κ3) is 4.69. The van der Waals surface area contributed by atoms with Crippen LogP contribution in [0.5, 0.6) is 11.5 Å². The Bertz CT molecular complexity index is 1610. The molecule has 0 aliphatic carbocycles. The number of benzene rings is 3. The van der Waals surface area contributed by atoms with Crippen LogP contribution < -0.4 is 20.1 Å². The normalized spacial score (nSPS) is 16.1. The number of alkyl halides is 2. The topological polar surface area (TPSA) is 103 Å². The third-order valence-corrected chi connectivity index (χ3v) is 6.77. The number of nitrogens with zero attached hydrogens (tertiary/aromatic N) is 4. The van der Waals surface area contributed by atoms with Crippen molar-refractivity contribution in [2.45, 2.75) is 12.8 Å². The first-order chi connectivity index (χ1) is 18.7. The zero-order valence-electron chi connectivity index (χ0n) is 20.4. The van der Waals surface area contributed by atoms with Crippen molar-refractivity contribution < 1.29 is 32.2 Å². The number of nitrogens with two attached hydrogens (primary N) is 1. The van der Waals surface area contributed by atoms with Gasteiger partial charge in [-0.3, -0.25) is 14.3 Å². The summed E-state index contributed by atoms with van der Waals surface area (Å²) in [4.78, 5) is 28.4. The molecule has 0 saturated carbocycles. The lowest BCUT2D eigenvalue weighted by molar-refractivity contribution is -0.286. The number of carbonyl (C=O) groups excluding carboxylic acids is 2. The Morgan fingerprint density at radius 2 is 1.72 bits per heavy atom. The van der Waals surface area contributed by atoms with E-state index in [9.17, 15) is 22.8 Å². The number of fused-ring (bicyclic) bond motifs is 2. The predicted molar refractivity (Wildman–Crippen MR) is 135 cm³/mol. The molecule has 0 unspecified atom stereocenters. The third-order valence-electron chi connectivity index (χ3n) is 6.77. The first kappa shape index (κ1) is 24.6. The van der Waals surface area contributed by atoms with Crippen LogP contribution in [0.2, 0.25) is 0 Å². The SMILES string of the molecule is NC(=O)c1cccc2cn(Cc3ccc(F)c(C(=O)N4CCN(c5ccc6c(c5)OC(F)(F)O6)CC4)c3)nc12. The number of piperazine rings is 1. The van der Waals surface area contributed by atoms with Gasteiger partial charge in [-0.1, -0.05) is 18.2 Å². The zero-order chi connectivity index (χ0) is 27.3. The molecule has 2 aliphatic rings. The van der Waals surface area contributed by atoms with Crippen molar-refractivity contribution in [2.24, 2.45) is 5.73 Å². The van der Waals surface area contributed by atoms with Gasteiger partial charge >= 0.3 is 6.29 Å². The molecule has 0 spiro atoms. The molecule has 1 aromatic heterocycles. The minimum absolute atomic E-state index is 0.0376. The van der Waals surface area contributed by atoms with Crippen LogP contribution in [0.3, 0.4) is 0 Å². The summed E-state index contributed by atoms with van der Waals surface area (Å²) < 4.78 is 52.0. The van der Waals surface area contributed by atoms with E-state index in [0.717, 1.165) is 5.39 Å². The average Bonchev–Trinajstić information content (AvgIpc) is 3.46. The highest BCUT2D eigenvalue weighted by Crippen LogP contribution is 2.43. The van der Waals surface area contributed by atoms with Crippen LogP contribution in [0.1, 0.15) is 26.3 Å². The molecule has 3 heterocycles. The van der Waals surface area contributed by atoms with Crippen LogP contribution in [-0.2, 0) is 6.54 Å². The number of amides is 2. The van der Waals surface area contributed by atoms with E-state index >= 15 is 0 Å². The number of hydrogen-bond donors (Lipinski definition) is 1. The van der Waals surface area contributed by atoms with Crippen molar-refractivity contribution in [3.05, 3.63) is 83.3 Å². The second-order valence-electron chi connectivity index (χ2n) is 9.33. The molecule has 200 valence electrons. The Hall–Kier alpha value is -4.74. The maximum absolute atomic E-state index is 14.7. The van der Waals surface area contributed by atoms with E-state index in [-0.39, 0.29) is 23.6 Å². The summed E-state index contributed by atoms with van der Waals surface area (Å²) in [6, 6.07) is 14.0. The van der Waals surface area contributed by atoms with Gasteiger partial charge in [-0.25, -0.2) is 4.39 Å². The fourth-order valence-corrected chi connectivity index (χ4v) is 4.87. The van der Waals surface area contributed by atoms with E-state index in [1.165, 1.54) is 24.3 Å². The van der Waals surface area contributed by atoms with Gasteiger partial charge < -0.3 is 25.0 Å². The first-order valence-corrected chi connectivity index (χ1v) is 12.2. The van der Waals surface area contributed by atoms with Gasteiger partial charge in [0.05, 0.1) is 17.7 Å². The second kappa shape index (κ2) is 9.22. The predicted octanol–water partition coefficient (Wildman–Crippen LogP) is 3.61. The van der Waals surface area contributed by atoms with Crippen LogP contribution in [0, 0.1) is 5.82 Å². The molecule has 4 aromatic rings. The van der Waals surface area contributed by atoms with Gasteiger partial charge in [0, 0.05) is 49.5 Å². The van der Waals surface area contributed by atoms with Gasteiger partial charge in [0.15, 0.2) is 11.5 Å². The van der Waals surface area contributed by atoms with Gasteiger partial charge in [0.1, 0.15) is 11.3 Å². The Kier molecular flexibility index (Phi) is 5.82. The van der Waals surface area contributed by atoms with Crippen molar-refractivity contribution in [1.82, 2.24) is 14.7 Å². The summed E-state index contributed by atoms with van der Waals surface area (Å²) in [6.07, 6.45) is -1.94. The molecule has 2 amide bonds. The highest BCUT2D eigenvalue weighted by Gasteiger charge is 2.43. The molecule has 2 N–H and O–H groups in total. The lowest BCUT2D eigenvalue weighted by Crippen LogP contribution is -2.49. The highest BCUT2D eigenvalue weighted by atomic mass is 19.3. The van der Waals surface area contributed by atoms with Crippen molar-refractivity contribution in [3.63, 3.8) is 0 Å². The standard InChI is InChI=1S/C27H22F3N5O4/c28-21-6-4-16(14-35-15-17-2-1-3-19(25(31)36)24(17)32-35)12-20(21)26(37)34-10-8-33(9-11-34)18-5-7-22-23(13-18)39-27(29,30)38-22/h1-7,12-13,15H,8-11,14H2,(H2,31,36). The van der Waals surface area contributed by atoms with Crippen molar-refractivity contribution in [2.75, 3.05) is 31.1 Å². The molecule has 12 heteroatoms. The summed E-state index contributed by atoms with van der Waals surface area (Å²) in [6.45, 7) is 1.72. The molecule has 0 bridgehead atoms. The molecule has 6 rings (SSSR count). The van der Waals surface area contributed by atoms with Crippen molar-refractivity contribution in [3.8, 4) is 11.5 Å². The molecule has 3 aromatic carbocycles. The van der Waals surface area contributed by atoms with Gasteiger partial charge in [0.2, 0.25) is 0 Å². The number of aromatic nitrogens is 2. The van der Waals surface area contributed by atoms with E-state index in [0.29, 0.717) is 48.5 Å². The van der Waals surface area contributed by atoms with Crippen LogP contribution in [-0.4, -0.2) is 59.0 Å². The summed E-state index contributed by atoms with van der Waals surface area (Å²) in [5, 5.41) is 5.18. The molecule has 39 heavy (non-hydrogen) atoms. The first-order valence-electron chi connectivity index (χ1n) is 12.2. The number of hydrogen-bond acceptors (Lipinski definition) is 6. The molecular formula is C27H22F3N5O4. The lowest BCUT2D eigenvalue weighted by Gasteiger charge is -2.36. The van der Waals surface area contributed by atoms with Gasteiger partial charge in [-0.05, 0) is 35.9 Å². The number of halogens is 3. The zero-order valence-corrected chi connectivity index (χ0v) is 20.4. The van der Waals surface area contributed by atoms with Crippen LogP contribution in [0.25, 0.3) is 10.9 Å². The van der Waals surface area contributed by atoms with Gasteiger partial charge in [0.25, 0.3) is 11.8 Å². The highest BCUT2D eigenvalue weighted by molar-refractivity contribution is 6.04. The van der Waals surface area contributed by atoms with E-state index in [1.54, 1.807) is 40.0 Å². The Morgan fingerprint density at radius 1 is 0.949 bits per heavy atom. The number of primary amides is 1. The van der Waals surface area contributed by atoms with E-state index < -0.39 is 23.9 Å². The average molecular weight is 537 g/mol. The Morgan fingerprint density at radius 3 is 2.49 bits per heavy atom. The van der Waals surface area contributed by atoms with E-state index in [1.807, 2.05) is 11.0 Å². The Balaban J connectivity index is 1.15. The molecule has 0 atom stereocenters. The quantitative estimate of drug-likeness (QED) is 0.417. The second-order valence-corrected chi connectivity index (χ2v) is 9.33. The molecule has 1 fully saturated rings. The van der Waals surface area contributed by atoms with E-state index in [2.05, 4.69) is 14.6 Å². The summed E-state index contributed by atoms with van der Waals surface area (Å²) in [7, 11) is 0. The van der Waals surface area contributed by atoms with Crippen molar-refractivity contribution in [1.29, 1.82) is 0 Å². The largest absolute Gasteiger partial charge is 0.586 e.